The summed E-state index contributed by atoms with van der Waals surface area (Å²) in [6, 6.07) is 0.697. The van der Waals surface area contributed by atoms with Crippen molar-refractivity contribution in [1.82, 2.24) is 14.9 Å². The molecule has 0 amide bonds. The molecule has 3 rings (SSSR count). The first-order valence-corrected chi connectivity index (χ1v) is 8.24. The van der Waals surface area contributed by atoms with Crippen LogP contribution in [0, 0.1) is 0 Å². The Balaban J connectivity index is 1.80. The van der Waals surface area contributed by atoms with Crippen LogP contribution in [0.4, 0.5) is 5.69 Å². The summed E-state index contributed by atoms with van der Waals surface area (Å²) in [6.45, 7) is 9.31. The second kappa shape index (κ2) is 6.28. The molecule has 2 saturated heterocycles. The van der Waals surface area contributed by atoms with Gasteiger partial charge < -0.3 is 10.6 Å². The fourth-order valence-corrected chi connectivity index (χ4v) is 3.49. The lowest BCUT2D eigenvalue weighted by atomic mass is 9.99. The quantitative estimate of drug-likeness (QED) is 0.918. The monoisotopic (exact) mass is 289 g/mol. The molecular weight excluding hydrogens is 262 g/mol. The lowest BCUT2D eigenvalue weighted by Gasteiger charge is -2.45. The van der Waals surface area contributed by atoms with Gasteiger partial charge in [-0.15, -0.1) is 0 Å². The van der Waals surface area contributed by atoms with Gasteiger partial charge in [0.15, 0.2) is 0 Å². The van der Waals surface area contributed by atoms with Crippen molar-refractivity contribution < 1.29 is 0 Å². The Morgan fingerprint density at radius 2 is 2.14 bits per heavy atom. The molecule has 2 N–H and O–H groups in total. The molecule has 0 saturated carbocycles. The van der Waals surface area contributed by atoms with E-state index in [4.69, 9.17) is 5.73 Å². The van der Waals surface area contributed by atoms with Crippen molar-refractivity contribution in [3.8, 4) is 0 Å². The van der Waals surface area contributed by atoms with Crippen molar-refractivity contribution >= 4 is 5.69 Å². The van der Waals surface area contributed by atoms with Gasteiger partial charge >= 0.3 is 0 Å². The first-order valence-electron chi connectivity index (χ1n) is 8.24. The predicted molar refractivity (Wildman–Crippen MR) is 85.4 cm³/mol. The third-order valence-corrected chi connectivity index (χ3v) is 4.75. The number of hydrogen-bond acceptors (Lipinski definition) is 5. The van der Waals surface area contributed by atoms with Gasteiger partial charge in [0.2, 0.25) is 0 Å². The number of anilines is 1. The van der Waals surface area contributed by atoms with Gasteiger partial charge in [0.25, 0.3) is 0 Å². The van der Waals surface area contributed by atoms with Crippen LogP contribution >= 0.6 is 0 Å². The van der Waals surface area contributed by atoms with Crippen molar-refractivity contribution in [2.75, 3.05) is 31.1 Å². The summed E-state index contributed by atoms with van der Waals surface area (Å²) in [7, 11) is 0. The molecule has 0 bridgehead atoms. The molecule has 1 aromatic heterocycles. The van der Waals surface area contributed by atoms with Crippen molar-refractivity contribution in [3.05, 3.63) is 17.7 Å². The fraction of sp³-hybridized carbons (Fsp3) is 0.750. The van der Waals surface area contributed by atoms with Crippen LogP contribution in [0.25, 0.3) is 0 Å². The predicted octanol–water partition coefficient (Wildman–Crippen LogP) is 1.73. The fourth-order valence-electron chi connectivity index (χ4n) is 3.49. The lowest BCUT2D eigenvalue weighted by molar-refractivity contribution is 0.133. The van der Waals surface area contributed by atoms with E-state index in [9.17, 15) is 0 Å². The summed E-state index contributed by atoms with van der Waals surface area (Å²) in [5.74, 6) is 1.25. The molecule has 0 spiro atoms. The van der Waals surface area contributed by atoms with Crippen LogP contribution in [0.3, 0.4) is 0 Å². The molecule has 2 aliphatic rings. The molecule has 0 aromatic carbocycles. The minimum Gasteiger partial charge on any atom is -0.366 e. The standard InChI is InChI=1S/C16H27N5/c1-12(2)16-18-10-15(14(9-17)19-16)21-8-7-20-6-4-3-5-13(20)11-21/h10,12-13H,3-9,11,17H2,1-2H3. The zero-order valence-corrected chi connectivity index (χ0v) is 13.3. The lowest BCUT2D eigenvalue weighted by Crippen LogP contribution is -2.55. The molecule has 0 aliphatic carbocycles. The van der Waals surface area contributed by atoms with E-state index in [1.165, 1.54) is 25.8 Å². The summed E-state index contributed by atoms with van der Waals surface area (Å²) in [4.78, 5) is 14.3. The first-order chi connectivity index (χ1) is 10.2. The van der Waals surface area contributed by atoms with Gasteiger partial charge in [-0.25, -0.2) is 9.97 Å². The molecular formula is C16H27N5. The van der Waals surface area contributed by atoms with E-state index in [2.05, 4.69) is 33.6 Å². The van der Waals surface area contributed by atoms with Crippen LogP contribution in [0.15, 0.2) is 6.20 Å². The van der Waals surface area contributed by atoms with Crippen molar-refractivity contribution in [3.63, 3.8) is 0 Å². The van der Waals surface area contributed by atoms with Crippen LogP contribution in [-0.2, 0) is 6.54 Å². The zero-order valence-electron chi connectivity index (χ0n) is 13.3. The Kier molecular flexibility index (Phi) is 4.40. The molecule has 3 heterocycles. The van der Waals surface area contributed by atoms with E-state index in [-0.39, 0.29) is 0 Å². The average Bonchev–Trinajstić information content (AvgIpc) is 2.53. The third kappa shape index (κ3) is 3.04. The molecule has 5 heteroatoms. The summed E-state index contributed by atoms with van der Waals surface area (Å²) in [5, 5.41) is 0. The van der Waals surface area contributed by atoms with Gasteiger partial charge in [-0.1, -0.05) is 20.3 Å². The second-order valence-corrected chi connectivity index (χ2v) is 6.55. The van der Waals surface area contributed by atoms with Crippen molar-refractivity contribution in [1.29, 1.82) is 0 Å². The number of piperidine rings is 1. The van der Waals surface area contributed by atoms with Gasteiger partial charge in [-0.2, -0.15) is 0 Å². The van der Waals surface area contributed by atoms with Crippen LogP contribution in [0.2, 0.25) is 0 Å². The summed E-state index contributed by atoms with van der Waals surface area (Å²) in [6.07, 6.45) is 6.03. The van der Waals surface area contributed by atoms with E-state index in [1.807, 2.05) is 6.20 Å². The van der Waals surface area contributed by atoms with Crippen LogP contribution < -0.4 is 10.6 Å². The number of aromatic nitrogens is 2. The summed E-state index contributed by atoms with van der Waals surface area (Å²) >= 11 is 0. The van der Waals surface area contributed by atoms with E-state index < -0.39 is 0 Å². The number of nitrogens with zero attached hydrogens (tertiary/aromatic N) is 4. The number of rotatable bonds is 3. The van der Waals surface area contributed by atoms with Crippen molar-refractivity contribution in [2.24, 2.45) is 5.73 Å². The zero-order chi connectivity index (χ0) is 14.8. The maximum Gasteiger partial charge on any atom is 0.131 e. The second-order valence-electron chi connectivity index (χ2n) is 6.55. The molecule has 5 nitrogen and oxygen atoms in total. The maximum atomic E-state index is 5.93. The van der Waals surface area contributed by atoms with E-state index in [0.717, 1.165) is 36.8 Å². The Hall–Kier alpha value is -1.20. The summed E-state index contributed by atoms with van der Waals surface area (Å²) < 4.78 is 0. The Labute approximate surface area is 127 Å². The highest BCUT2D eigenvalue weighted by molar-refractivity contribution is 5.50. The average molecular weight is 289 g/mol. The Morgan fingerprint density at radius 1 is 1.29 bits per heavy atom. The van der Waals surface area contributed by atoms with Crippen LogP contribution in [0.5, 0.6) is 0 Å². The Morgan fingerprint density at radius 3 is 2.90 bits per heavy atom. The smallest absolute Gasteiger partial charge is 0.131 e. The SMILES string of the molecule is CC(C)c1ncc(N2CCN3CCCCC3C2)c(CN)n1. The first kappa shape index (κ1) is 14.7. The topological polar surface area (TPSA) is 58.3 Å². The highest BCUT2D eigenvalue weighted by atomic mass is 15.3. The summed E-state index contributed by atoms with van der Waals surface area (Å²) in [5.41, 5.74) is 8.07. The molecule has 1 atom stereocenters. The largest absolute Gasteiger partial charge is 0.366 e. The van der Waals surface area contributed by atoms with E-state index >= 15 is 0 Å². The molecule has 1 unspecified atom stereocenters. The molecule has 1 aromatic rings. The molecule has 2 aliphatic heterocycles. The van der Waals surface area contributed by atoms with Gasteiger partial charge in [-0.3, -0.25) is 4.90 Å². The molecule has 0 radical (unpaired) electrons. The van der Waals surface area contributed by atoms with Gasteiger partial charge in [0.05, 0.1) is 17.6 Å². The van der Waals surface area contributed by atoms with Crippen LogP contribution in [0.1, 0.15) is 50.5 Å². The van der Waals surface area contributed by atoms with Gasteiger partial charge in [0.1, 0.15) is 5.82 Å². The Bertz CT molecular complexity index is 488. The van der Waals surface area contributed by atoms with Gasteiger partial charge in [-0.05, 0) is 19.4 Å². The molecule has 116 valence electrons. The van der Waals surface area contributed by atoms with Crippen molar-refractivity contribution in [2.45, 2.75) is 51.6 Å². The minimum absolute atomic E-state index is 0.347. The van der Waals surface area contributed by atoms with E-state index in [0.29, 0.717) is 18.5 Å². The molecule has 2 fully saturated rings. The normalized spacial score (nSPS) is 23.4. The van der Waals surface area contributed by atoms with E-state index in [1.54, 1.807) is 0 Å². The highest BCUT2D eigenvalue weighted by Crippen LogP contribution is 2.26. The third-order valence-electron chi connectivity index (χ3n) is 4.75. The number of nitrogens with two attached hydrogens (primary N) is 1. The number of fused-ring (bicyclic) bond motifs is 1. The van der Waals surface area contributed by atoms with Gasteiger partial charge in [0, 0.05) is 38.1 Å². The maximum absolute atomic E-state index is 5.93. The molecule has 21 heavy (non-hydrogen) atoms. The number of hydrogen-bond donors (Lipinski definition) is 1. The van der Waals surface area contributed by atoms with Crippen LogP contribution in [-0.4, -0.2) is 47.1 Å². The highest BCUT2D eigenvalue weighted by Gasteiger charge is 2.30. The number of piperazine rings is 1. The minimum atomic E-state index is 0.347.